The summed E-state index contributed by atoms with van der Waals surface area (Å²) in [7, 11) is 1.57. The Morgan fingerprint density at radius 2 is 2.00 bits per heavy atom. The number of para-hydroxylation sites is 1. The number of carbonyl (C=O) groups is 2. The number of hydrogen-bond donors (Lipinski definition) is 0. The third-order valence-corrected chi connectivity index (χ3v) is 7.19. The summed E-state index contributed by atoms with van der Waals surface area (Å²) in [5.41, 5.74) is 1.61. The second-order valence-corrected chi connectivity index (χ2v) is 8.90. The number of aromatic nitrogens is 1. The Labute approximate surface area is 179 Å². The van der Waals surface area contributed by atoms with Crippen LogP contribution in [0.4, 0.5) is 5.69 Å². The normalized spacial score (nSPS) is 22.8. The minimum absolute atomic E-state index is 0.141. The molecule has 0 saturated carbocycles. The van der Waals surface area contributed by atoms with Gasteiger partial charge in [0, 0.05) is 18.5 Å². The van der Waals surface area contributed by atoms with Crippen LogP contribution in [0.5, 0.6) is 5.75 Å². The molecule has 2 aliphatic heterocycles. The van der Waals surface area contributed by atoms with E-state index in [1.165, 1.54) is 9.60 Å². The van der Waals surface area contributed by atoms with Crippen LogP contribution in [-0.4, -0.2) is 47.9 Å². The summed E-state index contributed by atoms with van der Waals surface area (Å²) in [6, 6.07) is 14.9. The van der Waals surface area contributed by atoms with Gasteiger partial charge in [-0.2, -0.15) is 0 Å². The van der Waals surface area contributed by atoms with E-state index < -0.39 is 6.04 Å². The Morgan fingerprint density at radius 1 is 1.13 bits per heavy atom. The molecule has 2 amide bonds. The van der Waals surface area contributed by atoms with E-state index in [4.69, 9.17) is 9.72 Å². The lowest BCUT2D eigenvalue weighted by molar-refractivity contribution is -0.123. The lowest BCUT2D eigenvalue weighted by Gasteiger charge is -2.34. The van der Waals surface area contributed by atoms with Crippen molar-refractivity contribution in [2.75, 3.05) is 25.1 Å². The summed E-state index contributed by atoms with van der Waals surface area (Å²) in [4.78, 5) is 34.3. The van der Waals surface area contributed by atoms with Crippen LogP contribution >= 0.6 is 11.3 Å². The zero-order valence-electron chi connectivity index (χ0n) is 16.8. The standard InChI is InChI=1S/C23H23N3O3S/c1-29-17-8-4-7-16(12-17)26-21(27)13-19(23(26)28)25-11-5-6-15(14-25)22-24-18-9-2-3-10-20(18)30-22/h2-4,7-10,12,15,19H,5-6,11,13-14H2,1H3/t15-,19-/m1/s1. The highest BCUT2D eigenvalue weighted by Crippen LogP contribution is 2.35. The fraction of sp³-hybridized carbons (Fsp3) is 0.348. The van der Waals surface area contributed by atoms with Gasteiger partial charge in [0.15, 0.2) is 0 Å². The molecule has 3 aromatic rings. The number of rotatable bonds is 4. The molecule has 2 atom stereocenters. The van der Waals surface area contributed by atoms with Crippen LogP contribution in [0.2, 0.25) is 0 Å². The number of benzene rings is 2. The molecule has 154 valence electrons. The molecule has 5 rings (SSSR count). The van der Waals surface area contributed by atoms with Crippen LogP contribution in [-0.2, 0) is 9.59 Å². The van der Waals surface area contributed by atoms with Crippen molar-refractivity contribution in [3.63, 3.8) is 0 Å². The number of likely N-dealkylation sites (tertiary alicyclic amines) is 1. The highest BCUT2D eigenvalue weighted by atomic mass is 32.1. The number of hydrogen-bond acceptors (Lipinski definition) is 6. The predicted molar refractivity (Wildman–Crippen MR) is 117 cm³/mol. The van der Waals surface area contributed by atoms with Gasteiger partial charge < -0.3 is 4.74 Å². The molecule has 6 nitrogen and oxygen atoms in total. The van der Waals surface area contributed by atoms with E-state index in [9.17, 15) is 9.59 Å². The number of fused-ring (bicyclic) bond motifs is 1. The van der Waals surface area contributed by atoms with Crippen LogP contribution in [0.1, 0.15) is 30.2 Å². The number of carbonyl (C=O) groups excluding carboxylic acids is 2. The van der Waals surface area contributed by atoms with Crippen LogP contribution < -0.4 is 9.64 Å². The lowest BCUT2D eigenvalue weighted by Crippen LogP contribution is -2.46. The minimum atomic E-state index is -0.402. The Kier molecular flexibility index (Phi) is 5.00. The third-order valence-electron chi connectivity index (χ3n) is 5.99. The topological polar surface area (TPSA) is 62.7 Å². The summed E-state index contributed by atoms with van der Waals surface area (Å²) < 4.78 is 6.45. The first-order valence-electron chi connectivity index (χ1n) is 10.2. The quantitative estimate of drug-likeness (QED) is 0.600. The number of piperidine rings is 1. The molecule has 1 aromatic heterocycles. The Balaban J connectivity index is 1.36. The van der Waals surface area contributed by atoms with Crippen molar-refractivity contribution in [1.82, 2.24) is 9.88 Å². The zero-order chi connectivity index (χ0) is 20.7. The number of methoxy groups -OCH3 is 1. The van der Waals surface area contributed by atoms with Crippen molar-refractivity contribution in [2.24, 2.45) is 0 Å². The van der Waals surface area contributed by atoms with E-state index in [1.54, 1.807) is 42.7 Å². The largest absolute Gasteiger partial charge is 0.497 e. The molecule has 7 heteroatoms. The second kappa shape index (κ2) is 7.81. The van der Waals surface area contributed by atoms with Crippen LogP contribution in [0.15, 0.2) is 48.5 Å². The number of imide groups is 1. The van der Waals surface area contributed by atoms with E-state index >= 15 is 0 Å². The Hall–Kier alpha value is -2.77. The van der Waals surface area contributed by atoms with Crippen LogP contribution in [0.3, 0.4) is 0 Å². The summed E-state index contributed by atoms with van der Waals surface area (Å²) in [6.45, 7) is 1.59. The van der Waals surface area contributed by atoms with E-state index in [2.05, 4.69) is 11.0 Å². The molecule has 0 aliphatic carbocycles. The van der Waals surface area contributed by atoms with Gasteiger partial charge in [-0.3, -0.25) is 14.5 Å². The molecular weight excluding hydrogens is 398 g/mol. The number of anilines is 1. The molecule has 0 bridgehead atoms. The van der Waals surface area contributed by atoms with Gasteiger partial charge in [0.2, 0.25) is 5.91 Å². The highest BCUT2D eigenvalue weighted by Gasteiger charge is 2.44. The summed E-state index contributed by atoms with van der Waals surface area (Å²) in [6.07, 6.45) is 2.28. The van der Waals surface area contributed by atoms with Gasteiger partial charge in [-0.15, -0.1) is 11.3 Å². The van der Waals surface area contributed by atoms with Crippen molar-refractivity contribution in [2.45, 2.75) is 31.2 Å². The molecule has 0 radical (unpaired) electrons. The van der Waals surface area contributed by atoms with Crippen molar-refractivity contribution in [3.05, 3.63) is 53.5 Å². The Morgan fingerprint density at radius 3 is 2.83 bits per heavy atom. The average Bonchev–Trinajstić information content (AvgIpc) is 3.34. The molecule has 2 aliphatic rings. The van der Waals surface area contributed by atoms with Gasteiger partial charge in [-0.1, -0.05) is 18.2 Å². The SMILES string of the molecule is COc1cccc(N2C(=O)C[C@@H](N3CCC[C@@H](c4nc5ccccc5s4)C3)C2=O)c1. The molecule has 0 N–H and O–H groups in total. The smallest absolute Gasteiger partial charge is 0.251 e. The van der Waals surface area contributed by atoms with Crippen LogP contribution in [0, 0.1) is 0 Å². The van der Waals surface area contributed by atoms with E-state index in [0.29, 0.717) is 17.4 Å². The van der Waals surface area contributed by atoms with Gasteiger partial charge in [0.25, 0.3) is 5.91 Å². The van der Waals surface area contributed by atoms with Crippen molar-refractivity contribution < 1.29 is 14.3 Å². The first-order valence-corrected chi connectivity index (χ1v) is 11.1. The first-order chi connectivity index (χ1) is 14.6. The third kappa shape index (κ3) is 3.38. The summed E-state index contributed by atoms with van der Waals surface area (Å²) >= 11 is 1.74. The zero-order valence-corrected chi connectivity index (χ0v) is 17.6. The maximum absolute atomic E-state index is 13.2. The monoisotopic (exact) mass is 421 g/mol. The molecule has 0 spiro atoms. The number of amides is 2. The molecule has 30 heavy (non-hydrogen) atoms. The van der Waals surface area contributed by atoms with E-state index in [1.807, 2.05) is 18.2 Å². The first kappa shape index (κ1) is 19.2. The second-order valence-electron chi connectivity index (χ2n) is 7.84. The maximum Gasteiger partial charge on any atom is 0.251 e. The maximum atomic E-state index is 13.2. The van der Waals surface area contributed by atoms with Gasteiger partial charge in [-0.25, -0.2) is 9.88 Å². The summed E-state index contributed by atoms with van der Waals surface area (Å²) in [5.74, 6) is 0.633. The number of nitrogens with zero attached hydrogens (tertiary/aromatic N) is 3. The number of ether oxygens (including phenoxy) is 1. The van der Waals surface area contributed by atoms with Gasteiger partial charge in [-0.05, 0) is 43.7 Å². The molecule has 3 heterocycles. The van der Waals surface area contributed by atoms with Gasteiger partial charge in [0.05, 0.1) is 40.5 Å². The van der Waals surface area contributed by atoms with Crippen molar-refractivity contribution >= 4 is 39.1 Å². The van der Waals surface area contributed by atoms with Crippen LogP contribution in [0.25, 0.3) is 10.2 Å². The molecule has 2 fully saturated rings. The van der Waals surface area contributed by atoms with Crippen molar-refractivity contribution in [1.29, 1.82) is 0 Å². The Bertz CT molecular complexity index is 1080. The van der Waals surface area contributed by atoms with E-state index in [0.717, 1.165) is 36.5 Å². The molecule has 2 aromatic carbocycles. The average molecular weight is 422 g/mol. The lowest BCUT2D eigenvalue weighted by atomic mass is 9.97. The fourth-order valence-corrected chi connectivity index (χ4v) is 5.57. The summed E-state index contributed by atoms with van der Waals surface area (Å²) in [5, 5.41) is 1.13. The number of thiazole rings is 1. The van der Waals surface area contributed by atoms with Crippen molar-refractivity contribution in [3.8, 4) is 5.75 Å². The van der Waals surface area contributed by atoms with E-state index in [-0.39, 0.29) is 18.2 Å². The molecular formula is C23H23N3O3S. The molecule has 2 saturated heterocycles. The molecule has 0 unspecified atom stereocenters. The van der Waals surface area contributed by atoms with Gasteiger partial charge in [0.1, 0.15) is 5.75 Å². The highest BCUT2D eigenvalue weighted by molar-refractivity contribution is 7.18. The minimum Gasteiger partial charge on any atom is -0.497 e. The van der Waals surface area contributed by atoms with Gasteiger partial charge >= 0.3 is 0 Å². The fourth-order valence-electron chi connectivity index (χ4n) is 4.48. The predicted octanol–water partition coefficient (Wildman–Crippen LogP) is 3.82.